The molecule has 1 aromatic heterocycles. The van der Waals surface area contributed by atoms with Gasteiger partial charge < -0.3 is 5.32 Å². The lowest BCUT2D eigenvalue weighted by Crippen LogP contribution is -2.33. The van der Waals surface area contributed by atoms with Gasteiger partial charge in [-0.25, -0.2) is 9.97 Å². The molecule has 0 radical (unpaired) electrons. The van der Waals surface area contributed by atoms with Crippen LogP contribution in [-0.4, -0.2) is 15.9 Å². The van der Waals surface area contributed by atoms with Gasteiger partial charge in [0.1, 0.15) is 5.82 Å². The second-order valence-electron chi connectivity index (χ2n) is 4.51. The van der Waals surface area contributed by atoms with Gasteiger partial charge in [0.05, 0.1) is 0 Å². The first-order valence-corrected chi connectivity index (χ1v) is 6.34. The zero-order chi connectivity index (χ0) is 12.3. The standard InChI is InChI=1S/C12H16ClN3O/c1-2-12(6-3-4-7-12)10(17)15-9-5-8-14-11(13)16-9/h5,8H,2-4,6-7H2,1H3,(H,14,15,16,17). The summed E-state index contributed by atoms with van der Waals surface area (Å²) in [7, 11) is 0. The van der Waals surface area contributed by atoms with E-state index in [1.165, 1.54) is 6.20 Å². The predicted molar refractivity (Wildman–Crippen MR) is 66.9 cm³/mol. The summed E-state index contributed by atoms with van der Waals surface area (Å²) in [5.41, 5.74) is -0.211. The third-order valence-electron chi connectivity index (χ3n) is 3.59. The number of nitrogens with zero attached hydrogens (tertiary/aromatic N) is 2. The van der Waals surface area contributed by atoms with Gasteiger partial charge in [0.25, 0.3) is 0 Å². The molecule has 0 saturated heterocycles. The van der Waals surface area contributed by atoms with E-state index >= 15 is 0 Å². The molecule has 1 amide bonds. The van der Waals surface area contributed by atoms with Crippen molar-refractivity contribution in [3.8, 4) is 0 Å². The van der Waals surface area contributed by atoms with E-state index in [1.54, 1.807) is 6.07 Å². The van der Waals surface area contributed by atoms with E-state index < -0.39 is 0 Å². The molecular formula is C12H16ClN3O. The second-order valence-corrected chi connectivity index (χ2v) is 4.84. The van der Waals surface area contributed by atoms with Crippen molar-refractivity contribution in [1.82, 2.24) is 9.97 Å². The first-order chi connectivity index (χ1) is 8.16. The SMILES string of the molecule is CCC1(C(=O)Nc2ccnc(Cl)n2)CCCC1. The van der Waals surface area contributed by atoms with Gasteiger partial charge in [-0.05, 0) is 36.9 Å². The number of carbonyl (C=O) groups excluding carboxylic acids is 1. The fraction of sp³-hybridized carbons (Fsp3) is 0.583. The molecule has 0 unspecified atom stereocenters. The molecular weight excluding hydrogens is 238 g/mol. The van der Waals surface area contributed by atoms with Gasteiger partial charge in [0, 0.05) is 11.6 Å². The van der Waals surface area contributed by atoms with Crippen LogP contribution in [0.3, 0.4) is 0 Å². The lowest BCUT2D eigenvalue weighted by molar-refractivity contribution is -0.125. The first kappa shape index (κ1) is 12.3. The molecule has 0 aromatic carbocycles. The van der Waals surface area contributed by atoms with E-state index in [1.807, 2.05) is 0 Å². The summed E-state index contributed by atoms with van der Waals surface area (Å²) in [5.74, 6) is 0.544. The molecule has 1 heterocycles. The molecule has 1 saturated carbocycles. The van der Waals surface area contributed by atoms with Crippen molar-refractivity contribution in [3.05, 3.63) is 17.5 Å². The van der Waals surface area contributed by atoms with E-state index in [0.29, 0.717) is 5.82 Å². The third kappa shape index (κ3) is 2.57. The number of hydrogen-bond acceptors (Lipinski definition) is 3. The van der Waals surface area contributed by atoms with E-state index in [-0.39, 0.29) is 16.6 Å². The van der Waals surface area contributed by atoms with Crippen LogP contribution in [0.4, 0.5) is 5.82 Å². The number of carbonyl (C=O) groups is 1. The minimum atomic E-state index is -0.211. The lowest BCUT2D eigenvalue weighted by atomic mass is 9.82. The van der Waals surface area contributed by atoms with Crippen molar-refractivity contribution in [2.45, 2.75) is 39.0 Å². The van der Waals surface area contributed by atoms with Crippen LogP contribution in [0.1, 0.15) is 39.0 Å². The Morgan fingerprint density at radius 3 is 2.82 bits per heavy atom. The number of anilines is 1. The topological polar surface area (TPSA) is 54.9 Å². The zero-order valence-electron chi connectivity index (χ0n) is 9.87. The van der Waals surface area contributed by atoms with Gasteiger partial charge in [-0.2, -0.15) is 0 Å². The van der Waals surface area contributed by atoms with Crippen LogP contribution in [0, 0.1) is 5.41 Å². The maximum Gasteiger partial charge on any atom is 0.231 e. The molecule has 1 fully saturated rings. The third-order valence-corrected chi connectivity index (χ3v) is 3.77. The summed E-state index contributed by atoms with van der Waals surface area (Å²) in [5, 5.41) is 2.99. The molecule has 2 rings (SSSR count). The smallest absolute Gasteiger partial charge is 0.231 e. The van der Waals surface area contributed by atoms with Crippen LogP contribution in [0.25, 0.3) is 0 Å². The van der Waals surface area contributed by atoms with Crippen molar-refractivity contribution in [2.75, 3.05) is 5.32 Å². The van der Waals surface area contributed by atoms with Gasteiger partial charge in [-0.1, -0.05) is 19.8 Å². The maximum atomic E-state index is 12.3. The Morgan fingerprint density at radius 2 is 2.24 bits per heavy atom. The molecule has 1 aliphatic carbocycles. The highest BCUT2D eigenvalue weighted by molar-refractivity contribution is 6.28. The highest BCUT2D eigenvalue weighted by atomic mass is 35.5. The summed E-state index contributed by atoms with van der Waals surface area (Å²) >= 11 is 5.68. The quantitative estimate of drug-likeness (QED) is 0.843. The molecule has 0 atom stereocenters. The summed E-state index contributed by atoms with van der Waals surface area (Å²) in [6, 6.07) is 1.65. The first-order valence-electron chi connectivity index (χ1n) is 5.96. The Labute approximate surface area is 106 Å². The van der Waals surface area contributed by atoms with Gasteiger partial charge in [0.15, 0.2) is 0 Å². The second kappa shape index (κ2) is 5.00. The van der Waals surface area contributed by atoms with E-state index in [2.05, 4.69) is 22.2 Å². The molecule has 92 valence electrons. The molecule has 4 nitrogen and oxygen atoms in total. The van der Waals surface area contributed by atoms with Crippen molar-refractivity contribution in [3.63, 3.8) is 0 Å². The molecule has 17 heavy (non-hydrogen) atoms. The average Bonchev–Trinajstić information content (AvgIpc) is 2.78. The number of nitrogens with one attached hydrogen (secondary N) is 1. The Morgan fingerprint density at radius 1 is 1.53 bits per heavy atom. The molecule has 1 N–H and O–H groups in total. The minimum absolute atomic E-state index is 0.0623. The fourth-order valence-electron chi connectivity index (χ4n) is 2.45. The van der Waals surface area contributed by atoms with Crippen LogP contribution in [0.15, 0.2) is 12.3 Å². The van der Waals surface area contributed by atoms with Gasteiger partial charge in [-0.15, -0.1) is 0 Å². The van der Waals surface area contributed by atoms with Crippen molar-refractivity contribution in [2.24, 2.45) is 5.41 Å². The average molecular weight is 254 g/mol. The summed E-state index contributed by atoms with van der Waals surface area (Å²) in [6.07, 6.45) is 6.61. The maximum absolute atomic E-state index is 12.3. The largest absolute Gasteiger partial charge is 0.310 e. The van der Waals surface area contributed by atoms with Crippen molar-refractivity contribution in [1.29, 1.82) is 0 Å². The zero-order valence-corrected chi connectivity index (χ0v) is 10.6. The number of hydrogen-bond donors (Lipinski definition) is 1. The highest BCUT2D eigenvalue weighted by Gasteiger charge is 2.39. The Balaban J connectivity index is 2.10. The molecule has 0 aliphatic heterocycles. The molecule has 1 aromatic rings. The molecule has 1 aliphatic rings. The number of aromatic nitrogens is 2. The van der Waals surface area contributed by atoms with Crippen LogP contribution >= 0.6 is 11.6 Å². The highest BCUT2D eigenvalue weighted by Crippen LogP contribution is 2.41. The van der Waals surface area contributed by atoms with Crippen LogP contribution < -0.4 is 5.32 Å². The Bertz CT molecular complexity index is 416. The number of rotatable bonds is 3. The summed E-state index contributed by atoms with van der Waals surface area (Å²) in [4.78, 5) is 20.0. The van der Waals surface area contributed by atoms with E-state index in [0.717, 1.165) is 32.1 Å². The monoisotopic (exact) mass is 253 g/mol. The number of halogens is 1. The van der Waals surface area contributed by atoms with Crippen LogP contribution in [-0.2, 0) is 4.79 Å². The molecule has 5 heteroatoms. The summed E-state index contributed by atoms with van der Waals surface area (Å²) < 4.78 is 0. The van der Waals surface area contributed by atoms with Crippen LogP contribution in [0.5, 0.6) is 0 Å². The molecule has 0 spiro atoms. The van der Waals surface area contributed by atoms with Gasteiger partial charge >= 0.3 is 0 Å². The normalized spacial score (nSPS) is 18.0. The summed E-state index contributed by atoms with van der Waals surface area (Å²) in [6.45, 7) is 2.07. The van der Waals surface area contributed by atoms with E-state index in [9.17, 15) is 4.79 Å². The van der Waals surface area contributed by atoms with E-state index in [4.69, 9.17) is 11.6 Å². The minimum Gasteiger partial charge on any atom is -0.310 e. The van der Waals surface area contributed by atoms with Crippen LogP contribution in [0.2, 0.25) is 5.28 Å². The lowest BCUT2D eigenvalue weighted by Gasteiger charge is -2.25. The number of amides is 1. The van der Waals surface area contributed by atoms with Crippen molar-refractivity contribution < 1.29 is 4.79 Å². The van der Waals surface area contributed by atoms with Gasteiger partial charge in [-0.3, -0.25) is 4.79 Å². The predicted octanol–water partition coefficient (Wildman–Crippen LogP) is 3.04. The van der Waals surface area contributed by atoms with Crippen molar-refractivity contribution >= 4 is 23.3 Å². The molecule has 0 bridgehead atoms. The fourth-order valence-corrected chi connectivity index (χ4v) is 2.59. The Kier molecular flexibility index (Phi) is 3.62. The van der Waals surface area contributed by atoms with Gasteiger partial charge in [0.2, 0.25) is 11.2 Å². The Hall–Kier alpha value is -1.16.